The molecule has 0 amide bonds. The van der Waals surface area contributed by atoms with Crippen LogP contribution in [0.15, 0.2) is 47.3 Å². The largest absolute Gasteiger partial charge is 0.321 e. The Labute approximate surface area is 107 Å². The summed E-state index contributed by atoms with van der Waals surface area (Å²) in [5.74, 6) is 0.431. The maximum Gasteiger partial charge on any atom is 0.256 e. The second-order valence-corrected chi connectivity index (χ2v) is 4.96. The molecule has 0 atom stereocenters. The summed E-state index contributed by atoms with van der Waals surface area (Å²) < 4.78 is 0. The molecule has 0 fully saturated rings. The molecule has 3 rings (SSSR count). The Morgan fingerprint density at radius 1 is 1.00 bits per heavy atom. The van der Waals surface area contributed by atoms with Crippen molar-refractivity contribution in [3.63, 3.8) is 0 Å². The van der Waals surface area contributed by atoms with Crippen molar-refractivity contribution in [1.82, 2.24) is 4.98 Å². The average molecular weight is 239 g/mol. The van der Waals surface area contributed by atoms with Crippen LogP contribution in [0.2, 0.25) is 0 Å². The van der Waals surface area contributed by atoms with Crippen LogP contribution in [-0.4, -0.2) is 4.98 Å². The van der Waals surface area contributed by atoms with Crippen LogP contribution < -0.4 is 5.56 Å². The molecule has 0 unspecified atom stereocenters. The van der Waals surface area contributed by atoms with Crippen LogP contribution in [0.3, 0.4) is 0 Å². The number of para-hydroxylation sites is 1. The van der Waals surface area contributed by atoms with Crippen LogP contribution in [0.5, 0.6) is 0 Å². The number of pyridine rings is 1. The van der Waals surface area contributed by atoms with E-state index in [4.69, 9.17) is 0 Å². The first-order chi connectivity index (χ1) is 8.66. The number of H-pyrrole nitrogens is 1. The number of benzene rings is 2. The van der Waals surface area contributed by atoms with Gasteiger partial charge in [-0.15, -0.1) is 0 Å². The molecular weight excluding hydrogens is 222 g/mol. The van der Waals surface area contributed by atoms with Crippen molar-refractivity contribution in [2.45, 2.75) is 19.8 Å². The highest BCUT2D eigenvalue weighted by molar-refractivity contribution is 6.05. The topological polar surface area (TPSA) is 32.9 Å². The smallest absolute Gasteiger partial charge is 0.256 e. The molecule has 2 aromatic carbocycles. The van der Waals surface area contributed by atoms with Crippen molar-refractivity contribution in [2.75, 3.05) is 0 Å². The molecule has 2 nitrogen and oxygen atoms in total. The lowest BCUT2D eigenvalue weighted by atomic mass is 9.98. The third-order valence-electron chi connectivity index (χ3n) is 3.42. The lowest BCUT2D eigenvalue weighted by molar-refractivity contribution is 0.868. The van der Waals surface area contributed by atoms with E-state index in [9.17, 15) is 4.79 Å². The number of rotatable bonds is 1. The number of fused-ring (bicyclic) bond motifs is 3. The average Bonchev–Trinajstić information content (AvgIpc) is 2.38. The van der Waals surface area contributed by atoms with Gasteiger partial charge in [0, 0.05) is 17.7 Å². The first-order valence-electron chi connectivity index (χ1n) is 6.21. The molecule has 0 aliphatic rings. The first-order valence-corrected chi connectivity index (χ1v) is 6.21. The number of hydrogen-bond acceptors (Lipinski definition) is 1. The summed E-state index contributed by atoms with van der Waals surface area (Å²) in [4.78, 5) is 15.1. The van der Waals surface area contributed by atoms with Crippen molar-refractivity contribution in [1.29, 1.82) is 0 Å². The maximum absolute atomic E-state index is 12.1. The van der Waals surface area contributed by atoms with Gasteiger partial charge in [-0.1, -0.05) is 44.2 Å². The van der Waals surface area contributed by atoms with Crippen LogP contribution in [0, 0.1) is 0 Å². The van der Waals surface area contributed by atoms with Gasteiger partial charge in [0.15, 0.2) is 0 Å². The van der Waals surface area contributed by atoms with Crippen LogP contribution in [-0.2, 0) is 0 Å². The molecule has 0 spiro atoms. The first kappa shape index (κ1) is 11.0. The highest BCUT2D eigenvalue weighted by atomic mass is 16.1. The van der Waals surface area contributed by atoms with Gasteiger partial charge in [0.1, 0.15) is 0 Å². The van der Waals surface area contributed by atoms with E-state index in [0.29, 0.717) is 5.92 Å². The molecule has 0 aliphatic carbocycles. The lowest BCUT2D eigenvalue weighted by Crippen LogP contribution is -2.06. The molecule has 0 bridgehead atoms. The van der Waals surface area contributed by atoms with Crippen LogP contribution in [0.1, 0.15) is 26.8 Å². The molecule has 3 aromatic rings. The van der Waals surface area contributed by atoms with E-state index >= 15 is 0 Å². The van der Waals surface area contributed by atoms with E-state index in [0.717, 1.165) is 21.7 Å². The van der Waals surface area contributed by atoms with Gasteiger partial charge < -0.3 is 4.98 Å². The van der Waals surface area contributed by atoms with E-state index in [1.807, 2.05) is 30.3 Å². The molecule has 18 heavy (non-hydrogen) atoms. The number of aromatic nitrogens is 1. The number of nitrogens with one attached hydrogen (secondary N) is 1. The Hall–Kier alpha value is -2.09. The minimum absolute atomic E-state index is 0. The second-order valence-electron chi connectivity index (χ2n) is 4.96. The molecule has 1 aromatic heterocycles. The summed E-state index contributed by atoms with van der Waals surface area (Å²) in [5, 5.41) is 2.90. The molecule has 2 heteroatoms. The molecule has 0 saturated heterocycles. The Bertz CT molecular complexity index is 789. The molecule has 0 radical (unpaired) electrons. The highest BCUT2D eigenvalue weighted by Crippen LogP contribution is 2.24. The van der Waals surface area contributed by atoms with E-state index in [2.05, 4.69) is 31.0 Å². The fraction of sp³-hybridized carbons (Fsp3) is 0.188. The zero-order valence-corrected chi connectivity index (χ0v) is 10.5. The molecule has 1 N–H and O–H groups in total. The summed E-state index contributed by atoms with van der Waals surface area (Å²) in [7, 11) is 0. The Kier molecular flexibility index (Phi) is 2.44. The maximum atomic E-state index is 12.1. The third-order valence-corrected chi connectivity index (χ3v) is 3.42. The number of hydrogen-bond donors (Lipinski definition) is 1. The Morgan fingerprint density at radius 3 is 2.56 bits per heavy atom. The minimum atomic E-state index is -0.00815. The Morgan fingerprint density at radius 2 is 1.78 bits per heavy atom. The molecular formula is C16H17NO. The molecule has 92 valence electrons. The molecule has 0 aliphatic heterocycles. The summed E-state index contributed by atoms with van der Waals surface area (Å²) in [6.45, 7) is 4.27. The minimum Gasteiger partial charge on any atom is -0.321 e. The predicted molar refractivity (Wildman–Crippen MR) is 78.3 cm³/mol. The van der Waals surface area contributed by atoms with Gasteiger partial charge in [-0.2, -0.15) is 0 Å². The van der Waals surface area contributed by atoms with Crippen molar-refractivity contribution in [2.24, 2.45) is 0 Å². The van der Waals surface area contributed by atoms with E-state index in [1.54, 1.807) is 0 Å². The fourth-order valence-corrected chi connectivity index (χ4v) is 2.36. The quantitative estimate of drug-likeness (QED) is 0.638. The SMILES string of the molecule is CC(C)c1ccc2c(c1)c(=O)[nH]c1ccccc12.[HH]. The summed E-state index contributed by atoms with van der Waals surface area (Å²) in [6, 6.07) is 14.1. The molecule has 1 heterocycles. The van der Waals surface area contributed by atoms with Crippen molar-refractivity contribution in [3.05, 3.63) is 58.4 Å². The molecule has 0 saturated carbocycles. The number of aromatic amines is 1. The lowest BCUT2D eigenvalue weighted by Gasteiger charge is -2.08. The predicted octanol–water partition coefficient (Wildman–Crippen LogP) is 4.05. The van der Waals surface area contributed by atoms with Gasteiger partial charge in [0.05, 0.1) is 0 Å². The standard InChI is InChI=1S/C16H15NO.H2/c1-10(2)11-7-8-12-13-5-3-4-6-15(13)17-16(18)14(12)9-11;/h3-10H,1-2H3,(H,17,18);1H. The van der Waals surface area contributed by atoms with Gasteiger partial charge in [-0.05, 0) is 29.0 Å². The zero-order chi connectivity index (χ0) is 12.7. The highest BCUT2D eigenvalue weighted by Gasteiger charge is 2.07. The van der Waals surface area contributed by atoms with E-state index in [1.165, 1.54) is 5.56 Å². The fourth-order valence-electron chi connectivity index (χ4n) is 2.36. The van der Waals surface area contributed by atoms with Crippen LogP contribution in [0.25, 0.3) is 21.7 Å². The van der Waals surface area contributed by atoms with Crippen LogP contribution >= 0.6 is 0 Å². The summed E-state index contributed by atoms with van der Waals surface area (Å²) in [6.07, 6.45) is 0. The Balaban J connectivity index is 0.00000133. The van der Waals surface area contributed by atoms with Crippen molar-refractivity contribution in [3.8, 4) is 0 Å². The van der Waals surface area contributed by atoms with E-state index < -0.39 is 0 Å². The van der Waals surface area contributed by atoms with Gasteiger partial charge in [0.2, 0.25) is 0 Å². The van der Waals surface area contributed by atoms with Crippen molar-refractivity contribution < 1.29 is 1.43 Å². The van der Waals surface area contributed by atoms with Gasteiger partial charge >= 0.3 is 0 Å². The van der Waals surface area contributed by atoms with Gasteiger partial charge in [-0.3, -0.25) is 4.79 Å². The summed E-state index contributed by atoms with van der Waals surface area (Å²) >= 11 is 0. The van der Waals surface area contributed by atoms with Gasteiger partial charge in [0.25, 0.3) is 5.56 Å². The van der Waals surface area contributed by atoms with Crippen molar-refractivity contribution >= 4 is 21.7 Å². The van der Waals surface area contributed by atoms with Gasteiger partial charge in [-0.25, -0.2) is 0 Å². The van der Waals surface area contributed by atoms with Crippen LogP contribution in [0.4, 0.5) is 0 Å². The summed E-state index contributed by atoms with van der Waals surface area (Å²) in [5.41, 5.74) is 2.08. The zero-order valence-electron chi connectivity index (χ0n) is 10.5. The third kappa shape index (κ3) is 1.61. The van der Waals surface area contributed by atoms with E-state index in [-0.39, 0.29) is 6.99 Å². The normalized spacial score (nSPS) is 11.5. The second kappa shape index (κ2) is 3.98. The monoisotopic (exact) mass is 239 g/mol.